The summed E-state index contributed by atoms with van der Waals surface area (Å²) in [4.78, 5) is 0.280. The molecule has 0 atom stereocenters. The lowest BCUT2D eigenvalue weighted by Gasteiger charge is -2.25. The number of nitrogens with zero attached hydrogens (tertiary/aromatic N) is 1. The molecule has 0 aromatic heterocycles. The van der Waals surface area contributed by atoms with Crippen molar-refractivity contribution in [2.75, 3.05) is 10.8 Å². The van der Waals surface area contributed by atoms with Crippen LogP contribution >= 0.6 is 15.9 Å². The van der Waals surface area contributed by atoms with Gasteiger partial charge in [0, 0.05) is 4.47 Å². The predicted octanol–water partition coefficient (Wildman–Crippen LogP) is 4.53. The Labute approximate surface area is 140 Å². The molecule has 0 amide bonds. The molecule has 0 spiro atoms. The minimum absolute atomic E-state index is 0.248. The van der Waals surface area contributed by atoms with E-state index in [2.05, 4.69) is 22.5 Å². The number of anilines is 1. The summed E-state index contributed by atoms with van der Waals surface area (Å²) in [6.45, 7) is 7.84. The van der Waals surface area contributed by atoms with Crippen molar-refractivity contribution in [3.63, 3.8) is 0 Å². The molecule has 0 bridgehead atoms. The zero-order valence-corrected chi connectivity index (χ0v) is 15.0. The Kier molecular flexibility index (Phi) is 5.08. The van der Waals surface area contributed by atoms with Gasteiger partial charge >= 0.3 is 0 Å². The van der Waals surface area contributed by atoms with E-state index in [1.54, 1.807) is 36.4 Å². The number of rotatable bonds is 5. The van der Waals surface area contributed by atoms with Crippen molar-refractivity contribution in [2.45, 2.75) is 18.7 Å². The fourth-order valence-corrected chi connectivity index (χ4v) is 3.79. The number of hydrogen-bond donors (Lipinski definition) is 0. The summed E-state index contributed by atoms with van der Waals surface area (Å²) in [7, 11) is -3.62. The summed E-state index contributed by atoms with van der Waals surface area (Å²) in [6, 6.07) is 14.1. The maximum Gasteiger partial charge on any atom is 0.264 e. The van der Waals surface area contributed by atoms with Crippen LogP contribution in [0.3, 0.4) is 0 Å². The summed E-state index contributed by atoms with van der Waals surface area (Å²) < 4.78 is 28.2. The van der Waals surface area contributed by atoms with Gasteiger partial charge in [0.2, 0.25) is 0 Å². The lowest BCUT2D eigenvalue weighted by atomic mass is 10.2. The second kappa shape index (κ2) is 6.67. The van der Waals surface area contributed by atoms with Gasteiger partial charge in [0.15, 0.2) is 0 Å². The molecule has 0 unspecified atom stereocenters. The second-order valence-electron chi connectivity index (χ2n) is 5.26. The van der Waals surface area contributed by atoms with Gasteiger partial charge in [0.25, 0.3) is 10.0 Å². The first-order chi connectivity index (χ1) is 10.3. The molecule has 0 saturated carbocycles. The van der Waals surface area contributed by atoms with Crippen LogP contribution in [-0.4, -0.2) is 15.0 Å². The smallest absolute Gasteiger partial charge is 0.262 e. The number of benzene rings is 2. The molecule has 0 N–H and O–H groups in total. The molecule has 0 fully saturated rings. The Hall–Kier alpha value is -1.59. The Bertz CT molecular complexity index is 765. The first-order valence-corrected chi connectivity index (χ1v) is 9.03. The molecule has 5 heteroatoms. The van der Waals surface area contributed by atoms with Crippen molar-refractivity contribution in [3.05, 3.63) is 70.7 Å². The zero-order chi connectivity index (χ0) is 16.3. The monoisotopic (exact) mass is 379 g/mol. The predicted molar refractivity (Wildman–Crippen MR) is 94.7 cm³/mol. The SMILES string of the molecule is C=C(C)CN(c1ccc(Br)cc1)S(=O)(=O)c1ccc(C)cc1. The van der Waals surface area contributed by atoms with E-state index in [-0.39, 0.29) is 11.4 Å². The molecule has 22 heavy (non-hydrogen) atoms. The summed E-state index contributed by atoms with van der Waals surface area (Å²) in [6.07, 6.45) is 0. The van der Waals surface area contributed by atoms with Crippen molar-refractivity contribution in [1.82, 2.24) is 0 Å². The maximum atomic E-state index is 12.9. The normalized spacial score (nSPS) is 11.2. The summed E-state index contributed by atoms with van der Waals surface area (Å²) in [5, 5.41) is 0. The zero-order valence-electron chi connectivity index (χ0n) is 12.6. The molecule has 0 saturated heterocycles. The third-order valence-electron chi connectivity index (χ3n) is 3.14. The molecular weight excluding hydrogens is 362 g/mol. The molecule has 2 aromatic rings. The van der Waals surface area contributed by atoms with Crippen LogP contribution in [0.1, 0.15) is 12.5 Å². The van der Waals surface area contributed by atoms with E-state index in [1.165, 1.54) is 4.31 Å². The molecule has 3 nitrogen and oxygen atoms in total. The second-order valence-corrected chi connectivity index (χ2v) is 8.04. The minimum atomic E-state index is -3.62. The number of hydrogen-bond acceptors (Lipinski definition) is 2. The first-order valence-electron chi connectivity index (χ1n) is 6.80. The quantitative estimate of drug-likeness (QED) is 0.715. The van der Waals surface area contributed by atoms with Crippen LogP contribution in [-0.2, 0) is 10.0 Å². The van der Waals surface area contributed by atoms with Crippen LogP contribution in [0.2, 0.25) is 0 Å². The Morgan fingerprint density at radius 3 is 2.14 bits per heavy atom. The molecule has 0 radical (unpaired) electrons. The standard InChI is InChI=1S/C17H18BrNO2S/c1-13(2)12-19(16-8-6-15(18)7-9-16)22(20,21)17-10-4-14(3)5-11-17/h4-11H,1,12H2,2-3H3. The van der Waals surface area contributed by atoms with Crippen molar-refractivity contribution in [3.8, 4) is 0 Å². The molecule has 0 heterocycles. The number of sulfonamides is 1. The molecular formula is C17H18BrNO2S. The Morgan fingerprint density at radius 2 is 1.64 bits per heavy atom. The minimum Gasteiger partial charge on any atom is -0.262 e. The van der Waals surface area contributed by atoms with Crippen LogP contribution in [0.25, 0.3) is 0 Å². The summed E-state index contributed by atoms with van der Waals surface area (Å²) >= 11 is 3.36. The van der Waals surface area contributed by atoms with Crippen LogP contribution in [0.4, 0.5) is 5.69 Å². The third-order valence-corrected chi connectivity index (χ3v) is 5.45. The van der Waals surface area contributed by atoms with E-state index in [0.717, 1.165) is 15.6 Å². The van der Waals surface area contributed by atoms with Gasteiger partial charge in [0.1, 0.15) is 0 Å². The van der Waals surface area contributed by atoms with Gasteiger partial charge in [-0.05, 0) is 50.2 Å². The topological polar surface area (TPSA) is 37.4 Å². The van der Waals surface area contributed by atoms with E-state index in [1.807, 2.05) is 26.0 Å². The highest BCUT2D eigenvalue weighted by Crippen LogP contribution is 2.26. The van der Waals surface area contributed by atoms with Crippen LogP contribution < -0.4 is 4.31 Å². The lowest BCUT2D eigenvalue weighted by Crippen LogP contribution is -2.32. The third kappa shape index (κ3) is 3.78. The van der Waals surface area contributed by atoms with Gasteiger partial charge in [-0.25, -0.2) is 8.42 Å². The van der Waals surface area contributed by atoms with Crippen LogP contribution in [0.5, 0.6) is 0 Å². The van der Waals surface area contributed by atoms with Crippen molar-refractivity contribution >= 4 is 31.6 Å². The molecule has 0 aliphatic heterocycles. The van der Waals surface area contributed by atoms with Gasteiger partial charge in [-0.2, -0.15) is 0 Å². The Morgan fingerprint density at radius 1 is 1.09 bits per heavy atom. The summed E-state index contributed by atoms with van der Waals surface area (Å²) in [5.41, 5.74) is 2.42. The fourth-order valence-electron chi connectivity index (χ4n) is 2.01. The van der Waals surface area contributed by atoms with Crippen LogP contribution in [0.15, 0.2) is 70.1 Å². The van der Waals surface area contributed by atoms with Gasteiger partial charge in [-0.1, -0.05) is 45.8 Å². The van der Waals surface area contributed by atoms with Gasteiger partial charge in [0.05, 0.1) is 17.1 Å². The number of aryl methyl sites for hydroxylation is 1. The number of halogens is 1. The Balaban J connectivity index is 2.50. The van der Waals surface area contributed by atoms with Gasteiger partial charge < -0.3 is 0 Å². The van der Waals surface area contributed by atoms with E-state index in [4.69, 9.17) is 0 Å². The van der Waals surface area contributed by atoms with Crippen molar-refractivity contribution < 1.29 is 8.42 Å². The molecule has 2 aromatic carbocycles. The highest BCUT2D eigenvalue weighted by Gasteiger charge is 2.24. The van der Waals surface area contributed by atoms with Gasteiger partial charge in [-0.15, -0.1) is 0 Å². The van der Waals surface area contributed by atoms with Crippen molar-refractivity contribution in [1.29, 1.82) is 0 Å². The van der Waals surface area contributed by atoms with E-state index in [0.29, 0.717) is 5.69 Å². The van der Waals surface area contributed by atoms with E-state index in [9.17, 15) is 8.42 Å². The van der Waals surface area contributed by atoms with Gasteiger partial charge in [-0.3, -0.25) is 4.31 Å². The average Bonchev–Trinajstić information content (AvgIpc) is 2.46. The largest absolute Gasteiger partial charge is 0.264 e. The average molecular weight is 380 g/mol. The first kappa shape index (κ1) is 16.8. The molecule has 0 aliphatic rings. The fraction of sp³-hybridized carbons (Fsp3) is 0.176. The highest BCUT2D eigenvalue weighted by molar-refractivity contribution is 9.10. The molecule has 2 rings (SSSR count). The van der Waals surface area contributed by atoms with E-state index < -0.39 is 10.0 Å². The lowest BCUT2D eigenvalue weighted by molar-refractivity contribution is 0.592. The highest BCUT2D eigenvalue weighted by atomic mass is 79.9. The summed E-state index contributed by atoms with van der Waals surface area (Å²) in [5.74, 6) is 0. The van der Waals surface area contributed by atoms with E-state index >= 15 is 0 Å². The molecule has 0 aliphatic carbocycles. The van der Waals surface area contributed by atoms with Crippen LogP contribution in [0, 0.1) is 6.92 Å². The molecule has 116 valence electrons. The maximum absolute atomic E-state index is 12.9. The van der Waals surface area contributed by atoms with Crippen molar-refractivity contribution in [2.24, 2.45) is 0 Å².